The van der Waals surface area contributed by atoms with Gasteiger partial charge in [0.1, 0.15) is 0 Å². The molecule has 0 unspecified atom stereocenters. The van der Waals surface area contributed by atoms with E-state index in [0.29, 0.717) is 0 Å². The number of halogens is 1. The molecule has 0 aliphatic carbocycles. The van der Waals surface area contributed by atoms with Gasteiger partial charge in [-0.3, -0.25) is 0 Å². The monoisotopic (exact) mass is 339 g/mol. The summed E-state index contributed by atoms with van der Waals surface area (Å²) in [4.78, 5) is 8.81. The number of nitrogens with one attached hydrogen (secondary N) is 1. The van der Waals surface area contributed by atoms with E-state index in [-0.39, 0.29) is 0 Å². The molecule has 0 atom stereocenters. The molecule has 0 amide bonds. The van der Waals surface area contributed by atoms with Crippen LogP contribution in [0.25, 0.3) is 10.2 Å². The Morgan fingerprint density at radius 3 is 3.11 bits per heavy atom. The summed E-state index contributed by atoms with van der Waals surface area (Å²) in [5.41, 5.74) is 1.03. The highest BCUT2D eigenvalue weighted by molar-refractivity contribution is 9.10. The van der Waals surface area contributed by atoms with Crippen molar-refractivity contribution in [2.75, 3.05) is 11.9 Å². The van der Waals surface area contributed by atoms with Crippen LogP contribution in [0.2, 0.25) is 0 Å². The van der Waals surface area contributed by atoms with E-state index in [4.69, 9.17) is 0 Å². The molecule has 0 saturated heterocycles. The fourth-order valence-corrected chi connectivity index (χ4v) is 3.47. The third kappa shape index (κ3) is 2.71. The SMILES string of the molecule is Brc1ccc2sc(NCCc3nccs3)nc2c1. The van der Waals surface area contributed by atoms with E-state index in [9.17, 15) is 0 Å². The fourth-order valence-electron chi connectivity index (χ4n) is 1.63. The Hall–Kier alpha value is -0.980. The molecule has 1 N–H and O–H groups in total. The largest absolute Gasteiger partial charge is 0.361 e. The van der Waals surface area contributed by atoms with E-state index in [1.165, 1.54) is 4.70 Å². The minimum absolute atomic E-state index is 0.870. The molecule has 3 nitrogen and oxygen atoms in total. The zero-order valence-corrected chi connectivity index (χ0v) is 12.6. The standard InChI is InChI=1S/C12H10BrN3S2/c13-8-1-2-10-9(7-8)16-12(18-10)15-4-3-11-14-5-6-17-11/h1-2,5-7H,3-4H2,(H,15,16). The summed E-state index contributed by atoms with van der Waals surface area (Å²) in [6.07, 6.45) is 2.78. The molecule has 0 aliphatic heterocycles. The van der Waals surface area contributed by atoms with E-state index in [2.05, 4.69) is 37.3 Å². The van der Waals surface area contributed by atoms with Crippen LogP contribution in [0.4, 0.5) is 5.13 Å². The van der Waals surface area contributed by atoms with Gasteiger partial charge in [-0.2, -0.15) is 0 Å². The van der Waals surface area contributed by atoms with Crippen molar-refractivity contribution in [2.24, 2.45) is 0 Å². The van der Waals surface area contributed by atoms with Crippen molar-refractivity contribution in [3.05, 3.63) is 39.3 Å². The summed E-state index contributed by atoms with van der Waals surface area (Å²) >= 11 is 6.83. The number of benzene rings is 1. The van der Waals surface area contributed by atoms with Gasteiger partial charge in [-0.25, -0.2) is 9.97 Å². The fraction of sp³-hybridized carbons (Fsp3) is 0.167. The molecule has 3 rings (SSSR count). The Morgan fingerprint density at radius 1 is 1.33 bits per heavy atom. The molecule has 0 aliphatic rings. The second kappa shape index (κ2) is 5.34. The van der Waals surface area contributed by atoms with Gasteiger partial charge < -0.3 is 5.32 Å². The van der Waals surface area contributed by atoms with Crippen molar-refractivity contribution < 1.29 is 0 Å². The van der Waals surface area contributed by atoms with Gasteiger partial charge in [0.05, 0.1) is 15.2 Å². The van der Waals surface area contributed by atoms with Crippen molar-refractivity contribution in [3.63, 3.8) is 0 Å². The van der Waals surface area contributed by atoms with Crippen molar-refractivity contribution in [1.29, 1.82) is 0 Å². The molecular weight excluding hydrogens is 330 g/mol. The quantitative estimate of drug-likeness (QED) is 0.775. The number of nitrogens with zero attached hydrogens (tertiary/aromatic N) is 2. The second-order valence-electron chi connectivity index (χ2n) is 3.73. The average molecular weight is 340 g/mol. The first-order chi connectivity index (χ1) is 8.81. The van der Waals surface area contributed by atoms with Crippen molar-refractivity contribution in [2.45, 2.75) is 6.42 Å². The number of rotatable bonds is 4. The smallest absolute Gasteiger partial charge is 0.183 e. The van der Waals surface area contributed by atoms with Crippen molar-refractivity contribution in [3.8, 4) is 0 Å². The van der Waals surface area contributed by atoms with Crippen LogP contribution in [0, 0.1) is 0 Å². The van der Waals surface area contributed by atoms with Crippen LogP contribution in [0.3, 0.4) is 0 Å². The minimum Gasteiger partial charge on any atom is -0.361 e. The number of hydrogen-bond donors (Lipinski definition) is 1. The zero-order chi connectivity index (χ0) is 12.4. The maximum absolute atomic E-state index is 4.55. The van der Waals surface area contributed by atoms with E-state index < -0.39 is 0 Å². The van der Waals surface area contributed by atoms with Gasteiger partial charge in [0.15, 0.2) is 5.13 Å². The highest BCUT2D eigenvalue weighted by Crippen LogP contribution is 2.28. The summed E-state index contributed by atoms with van der Waals surface area (Å²) in [7, 11) is 0. The number of fused-ring (bicyclic) bond motifs is 1. The number of thiazole rings is 2. The van der Waals surface area contributed by atoms with Crippen LogP contribution in [0.5, 0.6) is 0 Å². The highest BCUT2D eigenvalue weighted by Gasteiger charge is 2.04. The molecular formula is C12H10BrN3S2. The summed E-state index contributed by atoms with van der Waals surface area (Å²) < 4.78 is 2.27. The van der Waals surface area contributed by atoms with Gasteiger partial charge in [-0.15, -0.1) is 11.3 Å². The van der Waals surface area contributed by atoms with Gasteiger partial charge in [-0.05, 0) is 18.2 Å². The average Bonchev–Trinajstić information content (AvgIpc) is 2.97. The topological polar surface area (TPSA) is 37.8 Å². The molecule has 2 aromatic heterocycles. The molecule has 0 bridgehead atoms. The van der Waals surface area contributed by atoms with Crippen LogP contribution in [-0.2, 0) is 6.42 Å². The Labute approximate surface area is 121 Å². The van der Waals surface area contributed by atoms with E-state index >= 15 is 0 Å². The molecule has 0 saturated carbocycles. The third-order valence-corrected chi connectivity index (χ3v) is 4.77. The van der Waals surface area contributed by atoms with Crippen LogP contribution >= 0.6 is 38.6 Å². The lowest BCUT2D eigenvalue weighted by Crippen LogP contribution is -2.03. The molecule has 0 radical (unpaired) electrons. The zero-order valence-electron chi connectivity index (χ0n) is 9.39. The summed E-state index contributed by atoms with van der Waals surface area (Å²) in [5.74, 6) is 0. The summed E-state index contributed by atoms with van der Waals surface area (Å²) in [6, 6.07) is 6.17. The molecule has 0 fully saturated rings. The third-order valence-electron chi connectivity index (χ3n) is 2.45. The van der Waals surface area contributed by atoms with Crippen molar-refractivity contribution >= 4 is 54.0 Å². The van der Waals surface area contributed by atoms with Gasteiger partial charge in [0.2, 0.25) is 0 Å². The van der Waals surface area contributed by atoms with E-state index in [1.807, 2.05) is 23.7 Å². The first-order valence-corrected chi connectivity index (χ1v) is 7.98. The summed E-state index contributed by atoms with van der Waals surface area (Å²) in [5, 5.41) is 7.49. The van der Waals surface area contributed by atoms with Crippen LogP contribution in [0.15, 0.2) is 34.2 Å². The molecule has 3 aromatic rings. The lowest BCUT2D eigenvalue weighted by Gasteiger charge is -1.98. The van der Waals surface area contributed by atoms with Crippen LogP contribution in [0.1, 0.15) is 5.01 Å². The maximum atomic E-state index is 4.55. The lowest BCUT2D eigenvalue weighted by molar-refractivity contribution is 0.996. The Kier molecular flexibility index (Phi) is 3.58. The summed E-state index contributed by atoms with van der Waals surface area (Å²) in [6.45, 7) is 0.870. The molecule has 6 heteroatoms. The normalized spacial score (nSPS) is 10.9. The molecule has 0 spiro atoms. The molecule has 92 valence electrons. The number of anilines is 1. The van der Waals surface area contributed by atoms with Gasteiger partial charge >= 0.3 is 0 Å². The Balaban J connectivity index is 1.67. The van der Waals surface area contributed by atoms with E-state index in [1.54, 1.807) is 22.7 Å². The number of hydrogen-bond acceptors (Lipinski definition) is 5. The first kappa shape index (κ1) is 12.1. The minimum atomic E-state index is 0.870. The van der Waals surface area contributed by atoms with Gasteiger partial charge in [0.25, 0.3) is 0 Å². The van der Waals surface area contributed by atoms with Crippen molar-refractivity contribution in [1.82, 2.24) is 9.97 Å². The predicted octanol–water partition coefficient (Wildman–Crippen LogP) is 4.17. The molecule has 1 aromatic carbocycles. The maximum Gasteiger partial charge on any atom is 0.183 e. The molecule has 2 heterocycles. The lowest BCUT2D eigenvalue weighted by atomic mass is 10.3. The van der Waals surface area contributed by atoms with Gasteiger partial charge in [-0.1, -0.05) is 27.3 Å². The van der Waals surface area contributed by atoms with E-state index in [0.717, 1.165) is 33.1 Å². The second-order valence-corrected chi connectivity index (χ2v) is 6.66. The predicted molar refractivity (Wildman–Crippen MR) is 81.6 cm³/mol. The van der Waals surface area contributed by atoms with Crippen LogP contribution in [-0.4, -0.2) is 16.5 Å². The first-order valence-electron chi connectivity index (χ1n) is 5.49. The molecule has 18 heavy (non-hydrogen) atoms. The van der Waals surface area contributed by atoms with Crippen LogP contribution < -0.4 is 5.32 Å². The Morgan fingerprint density at radius 2 is 2.28 bits per heavy atom. The van der Waals surface area contributed by atoms with Gasteiger partial charge in [0, 0.05) is 29.0 Å². The number of aromatic nitrogens is 2. The Bertz CT molecular complexity index is 648. The highest BCUT2D eigenvalue weighted by atomic mass is 79.9.